The van der Waals surface area contributed by atoms with Gasteiger partial charge < -0.3 is 19.8 Å². The van der Waals surface area contributed by atoms with Crippen molar-refractivity contribution in [1.82, 2.24) is 4.98 Å². The third-order valence-electron chi connectivity index (χ3n) is 5.46. The van der Waals surface area contributed by atoms with E-state index in [1.807, 2.05) is 37.3 Å². The molecule has 31 heavy (non-hydrogen) atoms. The van der Waals surface area contributed by atoms with Gasteiger partial charge in [-0.25, -0.2) is 0 Å². The van der Waals surface area contributed by atoms with E-state index in [-0.39, 0.29) is 17.3 Å². The molecule has 3 rings (SSSR count). The number of aromatic amines is 1. The minimum absolute atomic E-state index is 0.00810. The van der Waals surface area contributed by atoms with Crippen molar-refractivity contribution in [3.05, 3.63) is 59.8 Å². The number of carbonyl (C=O) groups excluding carboxylic acids is 2. The highest BCUT2D eigenvalue weighted by Crippen LogP contribution is 2.27. The largest absolute Gasteiger partial charge is 0.487 e. The predicted octanol–water partition coefficient (Wildman–Crippen LogP) is 5.60. The number of rotatable bonds is 10. The first-order valence-electron chi connectivity index (χ1n) is 10.7. The summed E-state index contributed by atoms with van der Waals surface area (Å²) in [4.78, 5) is 27.5. The van der Waals surface area contributed by atoms with E-state index in [0.29, 0.717) is 35.9 Å². The summed E-state index contributed by atoms with van der Waals surface area (Å²) in [7, 11) is 0. The molecule has 0 spiro atoms. The Labute approximate surface area is 182 Å². The first-order chi connectivity index (χ1) is 14.8. The minimum atomic E-state index is -0.344. The summed E-state index contributed by atoms with van der Waals surface area (Å²) in [5.41, 5.74) is 2.15. The van der Waals surface area contributed by atoms with Crippen molar-refractivity contribution in [2.75, 3.05) is 18.5 Å². The Hall–Kier alpha value is -3.12. The number of carbonyl (C=O) groups is 2. The summed E-state index contributed by atoms with van der Waals surface area (Å²) in [5, 5.41) is 3.73. The summed E-state index contributed by atoms with van der Waals surface area (Å²) in [5.74, 6) is 0.431. The Bertz CT molecular complexity index is 1070. The zero-order valence-corrected chi connectivity index (χ0v) is 18.6. The third-order valence-corrected chi connectivity index (χ3v) is 5.46. The third kappa shape index (κ3) is 5.73. The Kier molecular flexibility index (Phi) is 7.13. The van der Waals surface area contributed by atoms with Crippen LogP contribution in [0, 0.1) is 0 Å². The first kappa shape index (κ1) is 22.6. The van der Waals surface area contributed by atoms with Crippen LogP contribution in [0.15, 0.2) is 48.5 Å². The summed E-state index contributed by atoms with van der Waals surface area (Å²) >= 11 is 0. The molecule has 0 saturated heterocycles. The number of fused-ring (bicyclic) bond motifs is 1. The lowest BCUT2D eigenvalue weighted by Gasteiger charge is -2.29. The number of hydrogen-bond donors (Lipinski definition) is 2. The van der Waals surface area contributed by atoms with E-state index in [4.69, 9.17) is 9.47 Å². The van der Waals surface area contributed by atoms with Crippen molar-refractivity contribution >= 4 is 28.3 Å². The van der Waals surface area contributed by atoms with Crippen LogP contribution in [0.2, 0.25) is 0 Å². The van der Waals surface area contributed by atoms with Crippen LogP contribution in [0.3, 0.4) is 0 Å². The first-order valence-corrected chi connectivity index (χ1v) is 10.7. The fourth-order valence-corrected chi connectivity index (χ4v) is 3.33. The molecule has 0 aliphatic heterocycles. The molecule has 0 saturated carbocycles. The molecule has 6 heteroatoms. The van der Waals surface area contributed by atoms with Gasteiger partial charge in [0, 0.05) is 41.2 Å². The van der Waals surface area contributed by atoms with Crippen LogP contribution in [0.5, 0.6) is 5.75 Å². The number of anilines is 1. The molecular weight excluding hydrogens is 392 g/mol. The van der Waals surface area contributed by atoms with Crippen molar-refractivity contribution in [3.63, 3.8) is 0 Å². The molecular formula is C25H30N2O4. The average molecular weight is 423 g/mol. The van der Waals surface area contributed by atoms with Gasteiger partial charge in [-0.1, -0.05) is 13.0 Å². The molecule has 2 N–H and O–H groups in total. The molecule has 1 amide bonds. The van der Waals surface area contributed by atoms with Crippen molar-refractivity contribution in [2.45, 2.75) is 46.1 Å². The molecule has 3 aromatic rings. The zero-order valence-electron chi connectivity index (χ0n) is 18.6. The van der Waals surface area contributed by atoms with Gasteiger partial charge in [0.05, 0.1) is 6.61 Å². The number of hydrogen-bond acceptors (Lipinski definition) is 4. The van der Waals surface area contributed by atoms with E-state index in [0.717, 1.165) is 23.7 Å². The van der Waals surface area contributed by atoms with Gasteiger partial charge in [-0.15, -0.1) is 0 Å². The van der Waals surface area contributed by atoms with E-state index >= 15 is 0 Å². The van der Waals surface area contributed by atoms with Crippen LogP contribution in [-0.2, 0) is 4.74 Å². The van der Waals surface area contributed by atoms with Crippen molar-refractivity contribution in [2.24, 2.45) is 0 Å². The Morgan fingerprint density at radius 2 is 1.90 bits per heavy atom. The molecule has 0 bridgehead atoms. The molecule has 1 aromatic heterocycles. The van der Waals surface area contributed by atoms with Gasteiger partial charge in [-0.05, 0) is 63.6 Å². The van der Waals surface area contributed by atoms with Gasteiger partial charge in [0.25, 0.3) is 5.91 Å². The maximum atomic E-state index is 12.8. The molecule has 1 heterocycles. The second-order valence-corrected chi connectivity index (χ2v) is 7.88. The average Bonchev–Trinajstić information content (AvgIpc) is 3.18. The monoisotopic (exact) mass is 422 g/mol. The topological polar surface area (TPSA) is 80.4 Å². The summed E-state index contributed by atoms with van der Waals surface area (Å²) < 4.78 is 11.7. The maximum absolute atomic E-state index is 12.8. The number of Topliss-reactive ketones (excluding diaryl/α,β-unsaturated/α-hetero) is 1. The number of amides is 1. The lowest BCUT2D eigenvalue weighted by molar-refractivity contribution is 0.0343. The normalized spacial score (nSPS) is 13.0. The number of nitrogens with one attached hydrogen (secondary N) is 2. The van der Waals surface area contributed by atoms with Gasteiger partial charge in [-0.3, -0.25) is 9.59 Å². The van der Waals surface area contributed by atoms with E-state index in [1.54, 1.807) is 18.2 Å². The molecule has 1 atom stereocenters. The van der Waals surface area contributed by atoms with Crippen molar-refractivity contribution in [1.29, 1.82) is 0 Å². The smallest absolute Gasteiger partial charge is 0.272 e. The second kappa shape index (κ2) is 9.79. The number of ether oxygens (including phenoxy) is 2. The fourth-order valence-electron chi connectivity index (χ4n) is 3.33. The molecule has 2 aromatic carbocycles. The Morgan fingerprint density at radius 3 is 2.61 bits per heavy atom. The SMILES string of the molecule is CCOCCC(C)(CC)Oc1cccc(NC(=O)c2cc3cc(C(C)=O)ccc3[nH]2)c1. The highest BCUT2D eigenvalue weighted by atomic mass is 16.5. The summed E-state index contributed by atoms with van der Waals surface area (Å²) in [6.45, 7) is 8.98. The van der Waals surface area contributed by atoms with Crippen LogP contribution >= 0.6 is 0 Å². The van der Waals surface area contributed by atoms with E-state index in [1.165, 1.54) is 6.92 Å². The predicted molar refractivity (Wildman–Crippen MR) is 123 cm³/mol. The van der Waals surface area contributed by atoms with Gasteiger partial charge >= 0.3 is 0 Å². The maximum Gasteiger partial charge on any atom is 0.272 e. The van der Waals surface area contributed by atoms with Gasteiger partial charge in [0.1, 0.15) is 17.0 Å². The van der Waals surface area contributed by atoms with Crippen LogP contribution in [0.25, 0.3) is 10.9 Å². The molecule has 0 aliphatic carbocycles. The Morgan fingerprint density at radius 1 is 1.10 bits per heavy atom. The molecule has 0 radical (unpaired) electrons. The van der Waals surface area contributed by atoms with E-state index < -0.39 is 0 Å². The van der Waals surface area contributed by atoms with Gasteiger partial charge in [0.15, 0.2) is 5.78 Å². The Balaban J connectivity index is 1.72. The second-order valence-electron chi connectivity index (χ2n) is 7.88. The lowest BCUT2D eigenvalue weighted by atomic mass is 9.99. The number of ketones is 1. The quantitative estimate of drug-likeness (QED) is 0.329. The zero-order chi connectivity index (χ0) is 22.4. The molecule has 1 unspecified atom stereocenters. The fraction of sp³-hybridized carbons (Fsp3) is 0.360. The van der Waals surface area contributed by atoms with E-state index in [2.05, 4.69) is 24.1 Å². The molecule has 164 valence electrons. The highest BCUT2D eigenvalue weighted by molar-refractivity contribution is 6.07. The van der Waals surface area contributed by atoms with Crippen LogP contribution in [0.1, 0.15) is 61.4 Å². The van der Waals surface area contributed by atoms with Crippen LogP contribution < -0.4 is 10.1 Å². The summed E-state index contributed by atoms with van der Waals surface area (Å²) in [6, 6.07) is 14.5. The van der Waals surface area contributed by atoms with Crippen molar-refractivity contribution in [3.8, 4) is 5.75 Å². The van der Waals surface area contributed by atoms with Crippen LogP contribution in [-0.4, -0.2) is 35.5 Å². The molecule has 6 nitrogen and oxygen atoms in total. The molecule has 0 aliphatic rings. The highest BCUT2D eigenvalue weighted by Gasteiger charge is 2.24. The minimum Gasteiger partial charge on any atom is -0.487 e. The number of H-pyrrole nitrogens is 1. The van der Waals surface area contributed by atoms with Gasteiger partial charge in [0.2, 0.25) is 0 Å². The standard InChI is InChI=1S/C25H30N2O4/c1-5-25(4,12-13-30-6-2)31-21-9-7-8-20(16-21)26-24(29)23-15-19-14-18(17(3)28)10-11-22(19)27-23/h7-11,14-16,27H,5-6,12-13H2,1-4H3,(H,26,29). The summed E-state index contributed by atoms with van der Waals surface area (Å²) in [6.07, 6.45) is 1.62. The van der Waals surface area contributed by atoms with Crippen LogP contribution in [0.4, 0.5) is 5.69 Å². The van der Waals surface area contributed by atoms with E-state index in [9.17, 15) is 9.59 Å². The number of aromatic nitrogens is 1. The van der Waals surface area contributed by atoms with Gasteiger partial charge in [-0.2, -0.15) is 0 Å². The number of benzene rings is 2. The molecule has 0 fully saturated rings. The lowest BCUT2D eigenvalue weighted by Crippen LogP contribution is -2.33. The van der Waals surface area contributed by atoms with Crippen molar-refractivity contribution < 1.29 is 19.1 Å².